The topological polar surface area (TPSA) is 102 Å². The molecule has 0 spiro atoms. The Kier molecular flexibility index (Phi) is 5.43. The van der Waals surface area contributed by atoms with Crippen molar-refractivity contribution >= 4 is 11.7 Å². The van der Waals surface area contributed by atoms with Crippen molar-refractivity contribution in [2.75, 3.05) is 31.1 Å². The first-order valence-corrected chi connectivity index (χ1v) is 11.4. The number of piperazine rings is 1. The standard InChI is InChI=1S/C23H28N8O2/c1-15-10-16(2)31(27-15)21-12-20(25-17(3)26-21)28-6-8-29(9-7-28)23(33)13-30-14-24-19(11-22(30)32)18-4-5-18/h10-12,14,18H,4-9,13H2,1-3H3. The number of aryl methyl sites for hydroxylation is 3. The summed E-state index contributed by atoms with van der Waals surface area (Å²) in [6.07, 6.45) is 3.69. The molecule has 2 aliphatic rings. The van der Waals surface area contributed by atoms with Gasteiger partial charge < -0.3 is 9.80 Å². The second-order valence-corrected chi connectivity index (χ2v) is 8.89. The predicted molar refractivity (Wildman–Crippen MR) is 123 cm³/mol. The van der Waals surface area contributed by atoms with Gasteiger partial charge >= 0.3 is 0 Å². The third-order valence-electron chi connectivity index (χ3n) is 6.20. The molecule has 1 saturated carbocycles. The molecule has 0 bridgehead atoms. The molecule has 4 heterocycles. The van der Waals surface area contributed by atoms with E-state index < -0.39 is 0 Å². The molecule has 33 heavy (non-hydrogen) atoms. The quantitative estimate of drug-likeness (QED) is 0.581. The Morgan fingerprint density at radius 3 is 2.36 bits per heavy atom. The third-order valence-corrected chi connectivity index (χ3v) is 6.20. The molecule has 3 aromatic heterocycles. The second kappa shape index (κ2) is 8.42. The van der Waals surface area contributed by atoms with Crippen molar-refractivity contribution < 1.29 is 4.79 Å². The van der Waals surface area contributed by atoms with Crippen LogP contribution in [0.2, 0.25) is 0 Å². The maximum atomic E-state index is 12.8. The van der Waals surface area contributed by atoms with E-state index in [-0.39, 0.29) is 18.0 Å². The lowest BCUT2D eigenvalue weighted by molar-refractivity contribution is -0.132. The summed E-state index contributed by atoms with van der Waals surface area (Å²) in [6, 6.07) is 5.53. The molecule has 0 N–H and O–H groups in total. The van der Waals surface area contributed by atoms with Crippen LogP contribution in [-0.4, -0.2) is 66.3 Å². The molecule has 1 aliphatic heterocycles. The summed E-state index contributed by atoms with van der Waals surface area (Å²) >= 11 is 0. The monoisotopic (exact) mass is 448 g/mol. The van der Waals surface area contributed by atoms with Gasteiger partial charge in [0.1, 0.15) is 18.2 Å². The van der Waals surface area contributed by atoms with E-state index in [1.165, 1.54) is 10.9 Å². The zero-order valence-corrected chi connectivity index (χ0v) is 19.2. The number of nitrogens with zero attached hydrogens (tertiary/aromatic N) is 8. The van der Waals surface area contributed by atoms with Crippen molar-refractivity contribution in [2.45, 2.75) is 46.1 Å². The molecule has 10 heteroatoms. The SMILES string of the molecule is Cc1cc(C)n(-c2cc(N3CCN(C(=O)Cn4cnc(C5CC5)cc4=O)CC3)nc(C)n2)n1. The van der Waals surface area contributed by atoms with E-state index >= 15 is 0 Å². The van der Waals surface area contributed by atoms with Crippen LogP contribution in [0.5, 0.6) is 0 Å². The molecule has 2 fully saturated rings. The largest absolute Gasteiger partial charge is 0.353 e. The Bertz CT molecular complexity index is 1250. The third kappa shape index (κ3) is 4.50. The molecule has 0 radical (unpaired) electrons. The Labute approximate surface area is 191 Å². The molecule has 0 aromatic carbocycles. The lowest BCUT2D eigenvalue weighted by atomic mass is 10.3. The zero-order valence-electron chi connectivity index (χ0n) is 19.2. The van der Waals surface area contributed by atoms with Gasteiger partial charge in [-0.3, -0.25) is 14.2 Å². The number of hydrogen-bond donors (Lipinski definition) is 0. The first-order valence-electron chi connectivity index (χ1n) is 11.4. The summed E-state index contributed by atoms with van der Waals surface area (Å²) in [6.45, 7) is 8.31. The normalized spacial score (nSPS) is 16.3. The minimum Gasteiger partial charge on any atom is -0.353 e. The van der Waals surface area contributed by atoms with Crippen molar-refractivity contribution in [1.82, 2.24) is 34.2 Å². The number of amides is 1. The van der Waals surface area contributed by atoms with E-state index in [1.54, 1.807) is 11.0 Å². The van der Waals surface area contributed by atoms with Gasteiger partial charge in [0.25, 0.3) is 5.56 Å². The van der Waals surface area contributed by atoms with Gasteiger partial charge in [-0.05, 0) is 39.7 Å². The minimum absolute atomic E-state index is 0.0193. The molecule has 3 aromatic rings. The van der Waals surface area contributed by atoms with Crippen LogP contribution in [0, 0.1) is 20.8 Å². The molecule has 1 aliphatic carbocycles. The zero-order chi connectivity index (χ0) is 23.1. The minimum atomic E-state index is -0.160. The summed E-state index contributed by atoms with van der Waals surface area (Å²) in [5.74, 6) is 2.59. The molecule has 0 atom stereocenters. The first-order chi connectivity index (χ1) is 15.9. The van der Waals surface area contributed by atoms with Crippen LogP contribution in [0.15, 0.2) is 29.3 Å². The lowest BCUT2D eigenvalue weighted by Crippen LogP contribution is -2.50. The van der Waals surface area contributed by atoms with Crippen LogP contribution in [0.3, 0.4) is 0 Å². The highest BCUT2D eigenvalue weighted by Crippen LogP contribution is 2.38. The Balaban J connectivity index is 1.24. The van der Waals surface area contributed by atoms with Gasteiger partial charge in [-0.15, -0.1) is 0 Å². The van der Waals surface area contributed by atoms with E-state index in [1.807, 2.05) is 37.6 Å². The van der Waals surface area contributed by atoms with Crippen molar-refractivity contribution in [3.05, 3.63) is 57.8 Å². The number of carbonyl (C=O) groups is 1. The van der Waals surface area contributed by atoms with Crippen LogP contribution >= 0.6 is 0 Å². The van der Waals surface area contributed by atoms with Crippen molar-refractivity contribution in [1.29, 1.82) is 0 Å². The van der Waals surface area contributed by atoms with E-state index in [4.69, 9.17) is 0 Å². The number of carbonyl (C=O) groups excluding carboxylic acids is 1. The number of rotatable bonds is 5. The van der Waals surface area contributed by atoms with E-state index in [2.05, 4.69) is 25.0 Å². The summed E-state index contributed by atoms with van der Waals surface area (Å²) in [4.78, 5) is 42.7. The Morgan fingerprint density at radius 2 is 1.73 bits per heavy atom. The Hall–Kier alpha value is -3.56. The highest BCUT2D eigenvalue weighted by molar-refractivity contribution is 5.76. The highest BCUT2D eigenvalue weighted by Gasteiger charge is 2.26. The van der Waals surface area contributed by atoms with Crippen LogP contribution in [-0.2, 0) is 11.3 Å². The van der Waals surface area contributed by atoms with Gasteiger partial charge in [-0.25, -0.2) is 19.6 Å². The highest BCUT2D eigenvalue weighted by atomic mass is 16.2. The molecule has 172 valence electrons. The molecule has 5 rings (SSSR count). The van der Waals surface area contributed by atoms with Crippen molar-refractivity contribution in [3.8, 4) is 5.82 Å². The smallest absolute Gasteiger partial charge is 0.254 e. The molecule has 0 unspecified atom stereocenters. The molecule has 1 amide bonds. The summed E-state index contributed by atoms with van der Waals surface area (Å²) in [5, 5.41) is 4.53. The summed E-state index contributed by atoms with van der Waals surface area (Å²) in [5.41, 5.74) is 2.64. The van der Waals surface area contributed by atoms with Crippen molar-refractivity contribution in [3.63, 3.8) is 0 Å². The van der Waals surface area contributed by atoms with Gasteiger partial charge in [0, 0.05) is 49.9 Å². The fraction of sp³-hybridized carbons (Fsp3) is 0.478. The van der Waals surface area contributed by atoms with Gasteiger partial charge in [0.05, 0.1) is 17.7 Å². The van der Waals surface area contributed by atoms with Crippen LogP contribution < -0.4 is 10.5 Å². The number of anilines is 1. The fourth-order valence-electron chi connectivity index (χ4n) is 4.26. The van der Waals surface area contributed by atoms with Gasteiger partial charge in [-0.1, -0.05) is 0 Å². The predicted octanol–water partition coefficient (Wildman–Crippen LogP) is 1.37. The van der Waals surface area contributed by atoms with Crippen LogP contribution in [0.25, 0.3) is 5.82 Å². The molecular formula is C23H28N8O2. The maximum Gasteiger partial charge on any atom is 0.254 e. The van der Waals surface area contributed by atoms with Gasteiger partial charge in [0.15, 0.2) is 5.82 Å². The summed E-state index contributed by atoms with van der Waals surface area (Å²) < 4.78 is 3.22. The first kappa shape index (κ1) is 21.3. The average Bonchev–Trinajstić information content (AvgIpc) is 3.58. The van der Waals surface area contributed by atoms with E-state index in [0.717, 1.165) is 41.6 Å². The molecular weight excluding hydrogens is 420 g/mol. The maximum absolute atomic E-state index is 12.8. The van der Waals surface area contributed by atoms with Gasteiger partial charge in [-0.2, -0.15) is 5.10 Å². The Morgan fingerprint density at radius 1 is 1.00 bits per heavy atom. The van der Waals surface area contributed by atoms with Crippen molar-refractivity contribution in [2.24, 2.45) is 0 Å². The van der Waals surface area contributed by atoms with E-state index in [0.29, 0.717) is 37.9 Å². The van der Waals surface area contributed by atoms with Gasteiger partial charge in [0.2, 0.25) is 5.91 Å². The molecule has 10 nitrogen and oxygen atoms in total. The number of hydrogen-bond acceptors (Lipinski definition) is 7. The lowest BCUT2D eigenvalue weighted by Gasteiger charge is -2.35. The fourth-order valence-corrected chi connectivity index (χ4v) is 4.26. The molecule has 1 saturated heterocycles. The van der Waals surface area contributed by atoms with Crippen LogP contribution in [0.4, 0.5) is 5.82 Å². The second-order valence-electron chi connectivity index (χ2n) is 8.89. The van der Waals surface area contributed by atoms with E-state index in [9.17, 15) is 9.59 Å². The van der Waals surface area contributed by atoms with Crippen LogP contribution in [0.1, 0.15) is 41.7 Å². The average molecular weight is 449 g/mol. The summed E-state index contributed by atoms with van der Waals surface area (Å²) in [7, 11) is 0. The number of aromatic nitrogens is 6.